The first-order valence-corrected chi connectivity index (χ1v) is 32.7. The molecule has 0 bridgehead atoms. The molecule has 12 nitrogen and oxygen atoms in total. The van der Waals surface area contributed by atoms with Gasteiger partial charge in [-0.05, 0) is 109 Å². The minimum absolute atomic E-state index is 0.211. The average Bonchev–Trinajstić information content (AvgIpc) is 3.52. The zero-order valence-corrected chi connectivity index (χ0v) is 57.4. The number of ether oxygens (including phenoxy) is 4. The van der Waals surface area contributed by atoms with Crippen LogP contribution in [-0.2, 0) is 18.9 Å². The number of unbranched alkanes of at least 4 members (excludes halogenated alkanes) is 1. The highest BCUT2D eigenvalue weighted by Crippen LogP contribution is 2.14. The highest BCUT2D eigenvalue weighted by molar-refractivity contribution is 6.17. The van der Waals surface area contributed by atoms with Gasteiger partial charge in [0.15, 0.2) is 0 Å². The lowest BCUT2D eigenvalue weighted by molar-refractivity contribution is -0.926. The van der Waals surface area contributed by atoms with Gasteiger partial charge in [0, 0.05) is 25.0 Å². The molecule has 4 rings (SSSR count). The van der Waals surface area contributed by atoms with Gasteiger partial charge in [-0.1, -0.05) is 114 Å². The smallest absolute Gasteiger partial charge is 0.338 e. The third-order valence-corrected chi connectivity index (χ3v) is 13.9. The van der Waals surface area contributed by atoms with Crippen molar-refractivity contribution in [3.8, 4) is 0 Å². The van der Waals surface area contributed by atoms with Gasteiger partial charge in [-0.15, -0.1) is 46.4 Å². The molecule has 1 unspecified atom stereocenters. The Hall–Kier alpha value is -4.24. The van der Waals surface area contributed by atoms with Gasteiger partial charge >= 0.3 is 23.9 Å². The Morgan fingerprint density at radius 2 is 0.542 bits per heavy atom. The molecule has 1 atom stereocenters. The molecule has 0 amide bonds. The van der Waals surface area contributed by atoms with Crippen molar-refractivity contribution in [3.63, 3.8) is 0 Å². The summed E-state index contributed by atoms with van der Waals surface area (Å²) in [6.07, 6.45) is 10.4. The Kier molecular flexibility index (Phi) is 57.1. The number of rotatable bonds is 30. The van der Waals surface area contributed by atoms with Crippen molar-refractivity contribution in [1.29, 1.82) is 0 Å². The lowest BCUT2D eigenvalue weighted by Gasteiger charge is -2.37. The molecule has 0 heterocycles. The highest BCUT2D eigenvalue weighted by atomic mass is 35.5. The summed E-state index contributed by atoms with van der Waals surface area (Å²) in [6.45, 7) is 37.4. The van der Waals surface area contributed by atoms with E-state index in [-0.39, 0.29) is 23.9 Å². The third-order valence-electron chi connectivity index (χ3n) is 13.9. The number of benzene rings is 4. The standard InChI is InChI=1S/C18H30NO2.C17H28NO2.C15H24NO2.C12H18NO2.C2H5Cl.3CH3Cl/c1-4-7-14-19(6-3,13-5-2)15-16-21-18(20)17-11-9-8-10-12-17;1-4-12-18(6-3,13-5-2)14-15-20-17(19)16-10-8-7-9-11-16;1-4-16(5-2,6-3)12-13-18-15(17)14-10-8-7-9-11-14;1-13(2,3)9-10-15-12(14)11-7-5-4-6-8-11;1-2-3;3*1-2/h8-12H,4-7,13-16H2,1-3H3;7-11H,4-6,12-15H2,1-3H3;7-11H,4-6,12-13H2,1-3H3;4-8H,9-10H2,1-3H3;2H2,1H3;3*1H3/q4*+1;;;;. The van der Waals surface area contributed by atoms with Crippen molar-refractivity contribution >= 4 is 70.3 Å². The summed E-state index contributed by atoms with van der Waals surface area (Å²) >= 11 is 18.9. The van der Waals surface area contributed by atoms with Gasteiger partial charge in [0.25, 0.3) is 0 Å². The number of nitrogens with zero attached hydrogens (tertiary/aromatic N) is 4. The lowest BCUT2D eigenvalue weighted by Crippen LogP contribution is -2.51. The Bertz CT molecular complexity index is 2090. The number of quaternary nitrogens is 4. The number of hydrogen-bond donors (Lipinski definition) is 0. The molecule has 0 N–H and O–H groups in total. The maximum absolute atomic E-state index is 12.0. The Morgan fingerprint density at radius 1 is 0.325 bits per heavy atom. The zero-order chi connectivity index (χ0) is 63.9. The molecule has 0 saturated heterocycles. The summed E-state index contributed by atoms with van der Waals surface area (Å²) in [7, 11) is 6.20. The van der Waals surface area contributed by atoms with Crippen LogP contribution in [0.25, 0.3) is 0 Å². The average molecular weight is 1250 g/mol. The molecule has 0 aliphatic carbocycles. The van der Waals surface area contributed by atoms with Gasteiger partial charge < -0.3 is 36.9 Å². The second-order valence-corrected chi connectivity index (χ2v) is 20.8. The molecule has 0 aliphatic heterocycles. The van der Waals surface area contributed by atoms with Crippen LogP contribution in [0.15, 0.2) is 121 Å². The van der Waals surface area contributed by atoms with Gasteiger partial charge in [0.1, 0.15) is 52.6 Å². The Labute approximate surface area is 526 Å². The van der Waals surface area contributed by atoms with Gasteiger partial charge in [0.2, 0.25) is 0 Å². The number of alkyl halides is 4. The van der Waals surface area contributed by atoms with Crippen LogP contribution in [0.1, 0.15) is 143 Å². The molecular formula is C67H114Cl4N4O8+4. The lowest BCUT2D eigenvalue weighted by atomic mass is 10.2. The van der Waals surface area contributed by atoms with Crippen LogP contribution < -0.4 is 0 Å². The van der Waals surface area contributed by atoms with Crippen molar-refractivity contribution < 1.29 is 56.1 Å². The summed E-state index contributed by atoms with van der Waals surface area (Å²) < 4.78 is 25.3. The largest absolute Gasteiger partial charge is 0.456 e. The first-order valence-electron chi connectivity index (χ1n) is 29.9. The van der Waals surface area contributed by atoms with Crippen LogP contribution in [0.5, 0.6) is 0 Å². The molecule has 0 aromatic heterocycles. The number of carbonyl (C=O) groups is 4. The number of likely N-dealkylation sites (N-methyl/N-ethyl adjacent to an activating group) is 4. The summed E-state index contributed by atoms with van der Waals surface area (Å²) in [4.78, 5) is 47.1. The molecule has 16 heteroatoms. The second-order valence-electron chi connectivity index (χ2n) is 20.3. The summed E-state index contributed by atoms with van der Waals surface area (Å²) in [6, 6.07) is 36.6. The van der Waals surface area contributed by atoms with E-state index in [9.17, 15) is 19.2 Å². The monoisotopic (exact) mass is 1240 g/mol. The maximum atomic E-state index is 12.0. The minimum atomic E-state index is -0.246. The fourth-order valence-electron chi connectivity index (χ4n) is 8.72. The van der Waals surface area contributed by atoms with Crippen molar-refractivity contribution in [2.75, 3.05) is 158 Å². The highest BCUT2D eigenvalue weighted by Gasteiger charge is 2.26. The predicted molar refractivity (Wildman–Crippen MR) is 355 cm³/mol. The van der Waals surface area contributed by atoms with Gasteiger partial charge in [-0.25, -0.2) is 19.2 Å². The summed E-state index contributed by atoms with van der Waals surface area (Å²) in [5.74, 6) is -0.175. The van der Waals surface area contributed by atoms with Crippen LogP contribution in [0, 0.1) is 0 Å². The fraction of sp³-hybridized carbons (Fsp3) is 0.582. The van der Waals surface area contributed by atoms with Crippen molar-refractivity contribution in [1.82, 2.24) is 0 Å². The molecular weight excluding hydrogens is 1130 g/mol. The van der Waals surface area contributed by atoms with E-state index in [0.29, 0.717) is 48.7 Å². The first-order chi connectivity index (χ1) is 39.9. The molecule has 0 spiro atoms. The molecule has 4 aromatic carbocycles. The number of hydrogen-bond acceptors (Lipinski definition) is 8. The number of esters is 4. The van der Waals surface area contributed by atoms with Gasteiger partial charge in [-0.2, -0.15) is 0 Å². The van der Waals surface area contributed by atoms with E-state index < -0.39 is 0 Å². The van der Waals surface area contributed by atoms with E-state index in [1.54, 1.807) is 48.5 Å². The Morgan fingerprint density at radius 3 is 0.747 bits per heavy atom. The van der Waals surface area contributed by atoms with Crippen LogP contribution in [-0.4, -0.2) is 199 Å². The van der Waals surface area contributed by atoms with E-state index >= 15 is 0 Å². The molecule has 0 radical (unpaired) electrons. The van der Waals surface area contributed by atoms with Gasteiger partial charge in [-0.3, -0.25) is 0 Å². The van der Waals surface area contributed by atoms with Crippen molar-refractivity contribution in [2.24, 2.45) is 0 Å². The van der Waals surface area contributed by atoms with E-state index in [0.717, 1.165) is 95.8 Å². The maximum Gasteiger partial charge on any atom is 0.338 e. The molecule has 4 aromatic rings. The molecule has 83 heavy (non-hydrogen) atoms. The zero-order valence-electron chi connectivity index (χ0n) is 54.4. The molecule has 0 fully saturated rings. The number of halogens is 4. The summed E-state index contributed by atoms with van der Waals surface area (Å²) in [5.41, 5.74) is 2.50. The Balaban J connectivity index is -0.000000480. The SMILES string of the molecule is CCCC[N+](CC)(CCC)CCOC(=O)c1ccccc1.CCC[N+](CC)(CCC)CCOC(=O)c1ccccc1.CCCl.CC[N+](CC)(CC)CCOC(=O)c1ccccc1.CCl.CCl.CCl.C[N+](C)(C)CCOC(=O)c1ccccc1. The van der Waals surface area contributed by atoms with Crippen LogP contribution in [0.4, 0.5) is 0 Å². The number of carbonyl (C=O) groups excluding carboxylic acids is 4. The van der Waals surface area contributed by atoms with Crippen molar-refractivity contribution in [3.05, 3.63) is 144 Å². The van der Waals surface area contributed by atoms with Crippen molar-refractivity contribution in [2.45, 2.75) is 101 Å². The molecule has 474 valence electrons. The van der Waals surface area contributed by atoms with E-state index in [1.165, 1.54) is 64.3 Å². The van der Waals surface area contributed by atoms with Crippen LogP contribution in [0.3, 0.4) is 0 Å². The topological polar surface area (TPSA) is 105 Å². The van der Waals surface area contributed by atoms with Crippen LogP contribution in [0.2, 0.25) is 0 Å². The fourth-order valence-corrected chi connectivity index (χ4v) is 8.72. The predicted octanol–water partition coefficient (Wildman–Crippen LogP) is 15.5. The van der Waals surface area contributed by atoms with E-state index in [4.69, 9.17) is 30.5 Å². The second kappa shape index (κ2) is 55.6. The van der Waals surface area contributed by atoms with E-state index in [1.807, 2.05) is 79.7 Å². The molecule has 0 aliphatic rings. The normalized spacial score (nSPS) is 11.1. The first kappa shape index (κ1) is 85.2. The van der Waals surface area contributed by atoms with Gasteiger partial charge in [0.05, 0.1) is 102 Å². The summed E-state index contributed by atoms with van der Waals surface area (Å²) in [5, 5.41) is 0. The third kappa shape index (κ3) is 41.5. The molecule has 0 saturated carbocycles. The van der Waals surface area contributed by atoms with E-state index in [2.05, 4.69) is 118 Å². The van der Waals surface area contributed by atoms with Crippen LogP contribution >= 0.6 is 46.4 Å². The quantitative estimate of drug-likeness (QED) is 0.0220. The minimum Gasteiger partial charge on any atom is -0.456 e.